The van der Waals surface area contributed by atoms with Gasteiger partial charge in [-0.25, -0.2) is 0 Å². The molecule has 0 aromatic heterocycles. The largest absolute Gasteiger partial charge is 0.350 e. The lowest BCUT2D eigenvalue weighted by Gasteiger charge is -2.32. The summed E-state index contributed by atoms with van der Waals surface area (Å²) >= 11 is 0. The van der Waals surface area contributed by atoms with Gasteiger partial charge in [-0.3, -0.25) is 9.69 Å². The van der Waals surface area contributed by atoms with Crippen molar-refractivity contribution in [1.29, 1.82) is 0 Å². The molecule has 4 heteroatoms. The quantitative estimate of drug-likeness (QED) is 0.520. The minimum atomic E-state index is -0.0133. The lowest BCUT2D eigenvalue weighted by atomic mass is 9.99. The van der Waals surface area contributed by atoms with Gasteiger partial charge in [0, 0.05) is 19.5 Å². The third kappa shape index (κ3) is 7.45. The topological polar surface area (TPSA) is 58.4 Å². The first-order chi connectivity index (χ1) is 13.8. The van der Waals surface area contributed by atoms with Crippen molar-refractivity contribution in [3.05, 3.63) is 48.0 Å². The molecule has 0 radical (unpaired) electrons. The van der Waals surface area contributed by atoms with Crippen LogP contribution < -0.4 is 11.1 Å². The van der Waals surface area contributed by atoms with Gasteiger partial charge in [-0.05, 0) is 47.9 Å². The maximum absolute atomic E-state index is 12.5. The molecule has 2 aromatic carbocycles. The summed E-state index contributed by atoms with van der Waals surface area (Å²) in [4.78, 5) is 14.9. The molecule has 29 heavy (non-hydrogen) atoms. The smallest absolute Gasteiger partial charge is 0.220 e. The van der Waals surface area contributed by atoms with Gasteiger partial charge in [0.25, 0.3) is 0 Å². The molecule has 1 amide bonds. The molecular formula is C25H39N3O. The van der Waals surface area contributed by atoms with Crippen LogP contribution in [-0.4, -0.2) is 30.1 Å². The molecular weight excluding hydrogens is 358 g/mol. The predicted octanol–water partition coefficient (Wildman–Crippen LogP) is 5.09. The van der Waals surface area contributed by atoms with Crippen molar-refractivity contribution in [2.45, 2.75) is 66.1 Å². The van der Waals surface area contributed by atoms with E-state index in [1.807, 2.05) is 12.1 Å². The second-order valence-electron chi connectivity index (χ2n) is 9.06. The zero-order chi connectivity index (χ0) is 21.4. The molecule has 0 bridgehead atoms. The summed E-state index contributed by atoms with van der Waals surface area (Å²) in [5, 5.41) is 5.56. The fourth-order valence-corrected chi connectivity index (χ4v) is 3.96. The molecule has 2 atom stereocenters. The zero-order valence-electron chi connectivity index (χ0n) is 18.8. The Morgan fingerprint density at radius 1 is 0.966 bits per heavy atom. The van der Waals surface area contributed by atoms with Gasteiger partial charge in [-0.1, -0.05) is 70.2 Å². The van der Waals surface area contributed by atoms with E-state index in [9.17, 15) is 4.79 Å². The molecule has 0 saturated carbocycles. The molecule has 0 aliphatic heterocycles. The zero-order valence-corrected chi connectivity index (χ0v) is 18.8. The van der Waals surface area contributed by atoms with Gasteiger partial charge < -0.3 is 11.1 Å². The Balaban J connectivity index is 1.85. The van der Waals surface area contributed by atoms with Gasteiger partial charge in [-0.2, -0.15) is 0 Å². The van der Waals surface area contributed by atoms with Gasteiger partial charge in [0.1, 0.15) is 0 Å². The molecule has 0 aliphatic carbocycles. The van der Waals surface area contributed by atoms with Gasteiger partial charge in [-0.15, -0.1) is 0 Å². The van der Waals surface area contributed by atoms with E-state index in [0.717, 1.165) is 31.5 Å². The molecule has 160 valence electrons. The first kappa shape index (κ1) is 23.4. The summed E-state index contributed by atoms with van der Waals surface area (Å²) in [6.45, 7) is 13.0. The number of nitrogens with one attached hydrogen (secondary N) is 1. The number of carbonyl (C=O) groups is 1. The van der Waals surface area contributed by atoms with Crippen LogP contribution in [0.15, 0.2) is 42.5 Å². The summed E-state index contributed by atoms with van der Waals surface area (Å²) < 4.78 is 0. The number of hydrogen-bond acceptors (Lipinski definition) is 3. The second kappa shape index (κ2) is 11.3. The Bertz CT molecular complexity index is 756. The van der Waals surface area contributed by atoms with E-state index in [4.69, 9.17) is 5.73 Å². The second-order valence-corrected chi connectivity index (χ2v) is 9.06. The fourth-order valence-electron chi connectivity index (χ4n) is 3.96. The Labute approximate surface area is 176 Å². The van der Waals surface area contributed by atoms with Crippen LogP contribution in [0.3, 0.4) is 0 Å². The van der Waals surface area contributed by atoms with Crippen molar-refractivity contribution < 1.29 is 4.79 Å². The average molecular weight is 398 g/mol. The van der Waals surface area contributed by atoms with Crippen molar-refractivity contribution in [2.75, 3.05) is 13.1 Å². The summed E-state index contributed by atoms with van der Waals surface area (Å²) in [5.41, 5.74) is 7.61. The summed E-state index contributed by atoms with van der Waals surface area (Å²) in [7, 11) is 0. The van der Waals surface area contributed by atoms with E-state index in [0.29, 0.717) is 18.3 Å². The monoisotopic (exact) mass is 397 g/mol. The summed E-state index contributed by atoms with van der Waals surface area (Å²) in [6.07, 6.45) is 2.18. The highest BCUT2D eigenvalue weighted by molar-refractivity contribution is 5.86. The molecule has 0 spiro atoms. The van der Waals surface area contributed by atoms with Crippen molar-refractivity contribution in [2.24, 2.45) is 17.6 Å². The lowest BCUT2D eigenvalue weighted by molar-refractivity contribution is -0.121. The highest BCUT2D eigenvalue weighted by Crippen LogP contribution is 2.24. The normalized spacial score (nSPS) is 14.0. The Morgan fingerprint density at radius 3 is 2.24 bits per heavy atom. The van der Waals surface area contributed by atoms with Gasteiger partial charge in [0.15, 0.2) is 0 Å². The van der Waals surface area contributed by atoms with Crippen molar-refractivity contribution in [3.63, 3.8) is 0 Å². The van der Waals surface area contributed by atoms with Crippen LogP contribution in [0, 0.1) is 11.8 Å². The molecule has 0 aliphatic rings. The van der Waals surface area contributed by atoms with Crippen LogP contribution in [0.25, 0.3) is 10.8 Å². The third-order valence-electron chi connectivity index (χ3n) is 5.24. The molecule has 2 aromatic rings. The van der Waals surface area contributed by atoms with Crippen molar-refractivity contribution >= 4 is 16.7 Å². The SMILES string of the molecule is CC(C)CN(CC(C)C)C(N)CCCC(=O)N[C@@H](C)c1cccc2ccccc12. The van der Waals surface area contributed by atoms with Gasteiger partial charge >= 0.3 is 0 Å². The number of fused-ring (bicyclic) bond motifs is 1. The van der Waals surface area contributed by atoms with E-state index in [2.05, 4.69) is 75.2 Å². The van der Waals surface area contributed by atoms with Crippen LogP contribution in [0.5, 0.6) is 0 Å². The molecule has 2 rings (SSSR count). The van der Waals surface area contributed by atoms with Gasteiger partial charge in [0.2, 0.25) is 5.91 Å². The number of nitrogens with zero attached hydrogens (tertiary/aromatic N) is 1. The van der Waals surface area contributed by atoms with E-state index in [-0.39, 0.29) is 18.1 Å². The molecule has 1 unspecified atom stereocenters. The lowest BCUT2D eigenvalue weighted by Crippen LogP contribution is -2.45. The molecule has 0 fully saturated rings. The molecule has 0 saturated heterocycles. The van der Waals surface area contributed by atoms with Crippen LogP contribution in [-0.2, 0) is 4.79 Å². The maximum Gasteiger partial charge on any atom is 0.220 e. The summed E-state index contributed by atoms with van der Waals surface area (Å²) in [6, 6.07) is 14.5. The van der Waals surface area contributed by atoms with Crippen molar-refractivity contribution in [3.8, 4) is 0 Å². The number of hydrogen-bond donors (Lipinski definition) is 2. The van der Waals surface area contributed by atoms with E-state index >= 15 is 0 Å². The third-order valence-corrected chi connectivity index (χ3v) is 5.24. The standard InChI is InChI=1S/C25H39N3O/c1-18(2)16-28(17-19(3)4)24(26)14-9-15-25(29)27-20(5)22-13-8-11-21-10-6-7-12-23(21)22/h6-8,10-13,18-20,24H,9,14-17,26H2,1-5H3,(H,27,29)/t20-,24?/m0/s1. The van der Waals surface area contributed by atoms with Crippen LogP contribution in [0.2, 0.25) is 0 Å². The fraction of sp³-hybridized carbons (Fsp3) is 0.560. The van der Waals surface area contributed by atoms with Crippen LogP contribution >= 0.6 is 0 Å². The van der Waals surface area contributed by atoms with E-state index in [1.165, 1.54) is 10.8 Å². The molecule has 0 heterocycles. The van der Waals surface area contributed by atoms with Crippen molar-refractivity contribution in [1.82, 2.24) is 10.2 Å². The Hall–Kier alpha value is -1.91. The maximum atomic E-state index is 12.5. The minimum Gasteiger partial charge on any atom is -0.350 e. The number of rotatable bonds is 11. The number of benzene rings is 2. The highest BCUT2D eigenvalue weighted by atomic mass is 16.1. The average Bonchev–Trinajstić information content (AvgIpc) is 2.66. The first-order valence-electron chi connectivity index (χ1n) is 11.0. The minimum absolute atomic E-state index is 0.0133. The van der Waals surface area contributed by atoms with Crippen LogP contribution in [0.1, 0.15) is 65.5 Å². The molecule has 3 N–H and O–H groups in total. The van der Waals surface area contributed by atoms with E-state index in [1.54, 1.807) is 0 Å². The Kier molecular flexibility index (Phi) is 9.12. The number of amides is 1. The number of carbonyl (C=O) groups excluding carboxylic acids is 1. The molecule has 4 nitrogen and oxygen atoms in total. The van der Waals surface area contributed by atoms with E-state index < -0.39 is 0 Å². The first-order valence-corrected chi connectivity index (χ1v) is 11.0. The highest BCUT2D eigenvalue weighted by Gasteiger charge is 2.18. The Morgan fingerprint density at radius 2 is 1.59 bits per heavy atom. The van der Waals surface area contributed by atoms with Gasteiger partial charge in [0.05, 0.1) is 12.2 Å². The summed E-state index contributed by atoms with van der Waals surface area (Å²) in [5.74, 6) is 1.27. The predicted molar refractivity (Wildman–Crippen MR) is 124 cm³/mol. The number of nitrogens with two attached hydrogens (primary N) is 1. The van der Waals surface area contributed by atoms with Crippen LogP contribution in [0.4, 0.5) is 0 Å².